The molecule has 0 aliphatic carbocycles. The van der Waals surface area contributed by atoms with Crippen LogP contribution < -0.4 is 5.73 Å². The zero-order chi connectivity index (χ0) is 12.6. The van der Waals surface area contributed by atoms with Gasteiger partial charge in [0.1, 0.15) is 0 Å². The molecule has 0 bridgehead atoms. The van der Waals surface area contributed by atoms with Crippen molar-refractivity contribution in [3.05, 3.63) is 40.7 Å². The number of anilines is 1. The molecule has 17 heavy (non-hydrogen) atoms. The lowest BCUT2D eigenvalue weighted by Crippen LogP contribution is -2.02. The zero-order valence-electron chi connectivity index (χ0n) is 9.57. The Bertz CT molecular complexity index is 570. The number of carbonyl (C=O) groups is 1. The van der Waals surface area contributed by atoms with E-state index >= 15 is 0 Å². The van der Waals surface area contributed by atoms with E-state index in [9.17, 15) is 4.79 Å². The van der Waals surface area contributed by atoms with Crippen LogP contribution in [-0.2, 0) is 0 Å². The second-order valence-electron chi connectivity index (χ2n) is 3.83. The van der Waals surface area contributed by atoms with Crippen LogP contribution in [0.5, 0.6) is 0 Å². The molecule has 0 aliphatic rings. The summed E-state index contributed by atoms with van der Waals surface area (Å²) in [5.41, 5.74) is 8.30. The Balaban J connectivity index is 2.47. The van der Waals surface area contributed by atoms with E-state index in [0.29, 0.717) is 16.3 Å². The van der Waals surface area contributed by atoms with E-state index in [1.807, 2.05) is 6.92 Å². The number of rotatable bonds is 2. The highest BCUT2D eigenvalue weighted by Gasteiger charge is 2.08. The number of halogens is 1. The van der Waals surface area contributed by atoms with Crippen molar-refractivity contribution < 1.29 is 4.79 Å². The van der Waals surface area contributed by atoms with Gasteiger partial charge in [-0.3, -0.25) is 4.79 Å². The highest BCUT2D eigenvalue weighted by Crippen LogP contribution is 2.20. The van der Waals surface area contributed by atoms with E-state index in [1.165, 1.54) is 6.92 Å². The fourth-order valence-electron chi connectivity index (χ4n) is 1.58. The molecule has 1 heterocycles. The molecule has 0 fully saturated rings. The number of hydrogen-bond donors (Lipinski definition) is 1. The highest BCUT2D eigenvalue weighted by atomic mass is 35.5. The lowest BCUT2D eigenvalue weighted by atomic mass is 10.1. The lowest BCUT2D eigenvalue weighted by molar-refractivity contribution is 0.101. The van der Waals surface area contributed by atoms with E-state index in [1.54, 1.807) is 29.1 Å². The summed E-state index contributed by atoms with van der Waals surface area (Å²) in [6.07, 6.45) is 1.71. The number of nitrogen functional groups attached to an aromatic ring is 1. The fourth-order valence-corrected chi connectivity index (χ4v) is 1.71. The van der Waals surface area contributed by atoms with E-state index in [-0.39, 0.29) is 5.78 Å². The van der Waals surface area contributed by atoms with Gasteiger partial charge in [0.2, 0.25) is 0 Å². The standard InChI is InChI=1S/C12H12ClN3O/c1-7-11(13)6-16(15-7)9-3-4-10(8(2)17)12(14)5-9/h3-6H,14H2,1-2H3. The van der Waals surface area contributed by atoms with Gasteiger partial charge >= 0.3 is 0 Å². The minimum atomic E-state index is -0.0521. The quantitative estimate of drug-likeness (QED) is 0.657. The van der Waals surface area contributed by atoms with Crippen LogP contribution in [0.4, 0.5) is 5.69 Å². The van der Waals surface area contributed by atoms with Crippen molar-refractivity contribution in [2.24, 2.45) is 0 Å². The summed E-state index contributed by atoms with van der Waals surface area (Å²) >= 11 is 5.93. The minimum Gasteiger partial charge on any atom is -0.398 e. The van der Waals surface area contributed by atoms with Gasteiger partial charge in [0.15, 0.2) is 5.78 Å². The summed E-state index contributed by atoms with van der Waals surface area (Å²) in [5, 5.41) is 4.84. The molecule has 88 valence electrons. The van der Waals surface area contributed by atoms with Crippen LogP contribution in [0, 0.1) is 6.92 Å². The summed E-state index contributed by atoms with van der Waals surface area (Å²) in [6.45, 7) is 3.31. The van der Waals surface area contributed by atoms with Crippen molar-refractivity contribution in [3.63, 3.8) is 0 Å². The SMILES string of the molecule is CC(=O)c1ccc(-n2cc(Cl)c(C)n2)cc1N. The zero-order valence-corrected chi connectivity index (χ0v) is 10.3. The van der Waals surface area contributed by atoms with Gasteiger partial charge in [-0.1, -0.05) is 11.6 Å². The van der Waals surface area contributed by atoms with Gasteiger partial charge in [-0.05, 0) is 32.0 Å². The maximum atomic E-state index is 11.2. The molecule has 0 atom stereocenters. The van der Waals surface area contributed by atoms with E-state index < -0.39 is 0 Å². The summed E-state index contributed by atoms with van der Waals surface area (Å²) in [5.74, 6) is -0.0521. The average Bonchev–Trinajstić information content (AvgIpc) is 2.58. The lowest BCUT2D eigenvalue weighted by Gasteiger charge is -2.05. The molecule has 2 N–H and O–H groups in total. The molecule has 0 radical (unpaired) electrons. The molecule has 0 amide bonds. The smallest absolute Gasteiger partial charge is 0.161 e. The third-order valence-electron chi connectivity index (χ3n) is 2.52. The van der Waals surface area contributed by atoms with Gasteiger partial charge in [-0.25, -0.2) is 4.68 Å². The number of aromatic nitrogens is 2. The number of aryl methyl sites for hydroxylation is 1. The van der Waals surface area contributed by atoms with Crippen LogP contribution in [0.1, 0.15) is 23.0 Å². The van der Waals surface area contributed by atoms with Crippen molar-refractivity contribution in [1.29, 1.82) is 0 Å². The second kappa shape index (κ2) is 4.22. The van der Waals surface area contributed by atoms with Crippen molar-refractivity contribution in [2.75, 3.05) is 5.73 Å². The summed E-state index contributed by atoms with van der Waals surface area (Å²) < 4.78 is 1.64. The van der Waals surface area contributed by atoms with Gasteiger partial charge in [0, 0.05) is 17.4 Å². The summed E-state index contributed by atoms with van der Waals surface area (Å²) in [7, 11) is 0. The first kappa shape index (κ1) is 11.7. The van der Waals surface area contributed by atoms with Crippen molar-refractivity contribution in [1.82, 2.24) is 9.78 Å². The number of ketones is 1. The van der Waals surface area contributed by atoms with Crippen molar-refractivity contribution >= 4 is 23.1 Å². The van der Waals surface area contributed by atoms with Gasteiger partial charge < -0.3 is 5.73 Å². The van der Waals surface area contributed by atoms with Crippen LogP contribution in [-0.4, -0.2) is 15.6 Å². The number of Topliss-reactive ketones (excluding diaryl/α,β-unsaturated/α-hetero) is 1. The molecule has 0 unspecified atom stereocenters. The van der Waals surface area contributed by atoms with Crippen LogP contribution in [0.3, 0.4) is 0 Å². The van der Waals surface area contributed by atoms with E-state index in [4.69, 9.17) is 17.3 Å². The van der Waals surface area contributed by atoms with Gasteiger partial charge in [-0.15, -0.1) is 0 Å². The minimum absolute atomic E-state index is 0.0521. The summed E-state index contributed by atoms with van der Waals surface area (Å²) in [4.78, 5) is 11.2. The molecule has 4 nitrogen and oxygen atoms in total. The predicted molar refractivity (Wildman–Crippen MR) is 67.7 cm³/mol. The number of nitrogens with zero attached hydrogens (tertiary/aromatic N) is 2. The molecule has 0 aliphatic heterocycles. The number of carbonyl (C=O) groups excluding carboxylic acids is 1. The van der Waals surface area contributed by atoms with Gasteiger partial charge in [0.05, 0.1) is 16.4 Å². The predicted octanol–water partition coefficient (Wildman–Crippen LogP) is 2.62. The molecule has 1 aromatic carbocycles. The third kappa shape index (κ3) is 2.17. The van der Waals surface area contributed by atoms with Crippen LogP contribution in [0.15, 0.2) is 24.4 Å². The molecular weight excluding hydrogens is 238 g/mol. The molecule has 2 aromatic rings. The largest absolute Gasteiger partial charge is 0.398 e. The Morgan fingerprint density at radius 2 is 2.18 bits per heavy atom. The molecule has 0 spiro atoms. The average molecular weight is 250 g/mol. The Kier molecular flexibility index (Phi) is 2.90. The molecule has 0 saturated carbocycles. The maximum absolute atomic E-state index is 11.2. The topological polar surface area (TPSA) is 60.9 Å². The van der Waals surface area contributed by atoms with Crippen LogP contribution >= 0.6 is 11.6 Å². The maximum Gasteiger partial charge on any atom is 0.161 e. The number of nitrogens with two attached hydrogens (primary N) is 1. The fraction of sp³-hybridized carbons (Fsp3) is 0.167. The van der Waals surface area contributed by atoms with Crippen molar-refractivity contribution in [2.45, 2.75) is 13.8 Å². The molecule has 2 rings (SSSR count). The molecule has 1 aromatic heterocycles. The summed E-state index contributed by atoms with van der Waals surface area (Å²) in [6, 6.07) is 5.19. The van der Waals surface area contributed by atoms with Crippen LogP contribution in [0.25, 0.3) is 5.69 Å². The number of hydrogen-bond acceptors (Lipinski definition) is 3. The Morgan fingerprint density at radius 1 is 1.47 bits per heavy atom. The van der Waals surface area contributed by atoms with E-state index in [0.717, 1.165) is 11.4 Å². The third-order valence-corrected chi connectivity index (χ3v) is 2.89. The van der Waals surface area contributed by atoms with Crippen molar-refractivity contribution in [3.8, 4) is 5.69 Å². The Morgan fingerprint density at radius 3 is 2.65 bits per heavy atom. The number of benzene rings is 1. The molecule has 5 heteroatoms. The normalized spacial score (nSPS) is 10.5. The monoisotopic (exact) mass is 249 g/mol. The van der Waals surface area contributed by atoms with Gasteiger partial charge in [0.25, 0.3) is 0 Å². The first-order valence-electron chi connectivity index (χ1n) is 5.11. The second-order valence-corrected chi connectivity index (χ2v) is 4.24. The van der Waals surface area contributed by atoms with E-state index in [2.05, 4.69) is 5.10 Å². The highest BCUT2D eigenvalue weighted by molar-refractivity contribution is 6.31. The Hall–Kier alpha value is -1.81. The molecule has 0 saturated heterocycles. The molecular formula is C12H12ClN3O. The first-order valence-corrected chi connectivity index (χ1v) is 5.49. The van der Waals surface area contributed by atoms with Crippen LogP contribution in [0.2, 0.25) is 5.02 Å². The Labute approximate surface area is 104 Å². The first-order chi connectivity index (χ1) is 7.99. The van der Waals surface area contributed by atoms with Gasteiger partial charge in [-0.2, -0.15) is 5.10 Å².